The van der Waals surface area contributed by atoms with E-state index >= 15 is 0 Å². The normalized spacial score (nSPS) is 15.1. The second-order valence-electron chi connectivity index (χ2n) is 5.19. The number of hydrogen-bond donors (Lipinski definition) is 2. The predicted octanol–water partition coefficient (Wildman–Crippen LogP) is 1.76. The highest BCUT2D eigenvalue weighted by atomic mass is 35.5. The monoisotopic (exact) mass is 306 g/mol. The standard InChI is InChI=1S/C15H18N4O.ClH/c16-13(11-6-7-11)10-17-15(20)14-8-9-19(18-14)12-4-2-1-3-5-12;/h1-5,8-9,11,13H,6-7,10,16H2,(H,17,20);1H. The van der Waals surface area contributed by atoms with Crippen molar-refractivity contribution in [2.24, 2.45) is 11.7 Å². The Morgan fingerprint density at radius 2 is 2.05 bits per heavy atom. The van der Waals surface area contributed by atoms with Crippen molar-refractivity contribution < 1.29 is 4.79 Å². The number of para-hydroxylation sites is 1. The molecular formula is C15H19ClN4O. The quantitative estimate of drug-likeness (QED) is 0.884. The molecule has 1 aliphatic rings. The summed E-state index contributed by atoms with van der Waals surface area (Å²) >= 11 is 0. The summed E-state index contributed by atoms with van der Waals surface area (Å²) in [4.78, 5) is 12.0. The first-order valence-electron chi connectivity index (χ1n) is 6.89. The zero-order chi connectivity index (χ0) is 13.9. The number of aromatic nitrogens is 2. The molecule has 3 rings (SSSR count). The van der Waals surface area contributed by atoms with Crippen LogP contribution in [0, 0.1) is 5.92 Å². The lowest BCUT2D eigenvalue weighted by Gasteiger charge is -2.10. The summed E-state index contributed by atoms with van der Waals surface area (Å²) in [5.74, 6) is 0.410. The van der Waals surface area contributed by atoms with E-state index in [9.17, 15) is 4.79 Å². The molecule has 3 N–H and O–H groups in total. The van der Waals surface area contributed by atoms with E-state index < -0.39 is 0 Å². The largest absolute Gasteiger partial charge is 0.349 e. The number of carbonyl (C=O) groups excluding carboxylic acids is 1. The van der Waals surface area contributed by atoms with Crippen LogP contribution in [0.4, 0.5) is 0 Å². The highest BCUT2D eigenvalue weighted by molar-refractivity contribution is 5.92. The molecule has 0 saturated heterocycles. The van der Waals surface area contributed by atoms with E-state index in [4.69, 9.17) is 5.73 Å². The molecule has 2 aromatic rings. The third-order valence-corrected chi connectivity index (χ3v) is 3.57. The number of amides is 1. The highest BCUT2D eigenvalue weighted by Crippen LogP contribution is 2.31. The summed E-state index contributed by atoms with van der Waals surface area (Å²) in [5, 5.41) is 7.13. The lowest BCUT2D eigenvalue weighted by atomic mass is 10.2. The van der Waals surface area contributed by atoms with Gasteiger partial charge in [0.05, 0.1) is 5.69 Å². The van der Waals surface area contributed by atoms with E-state index in [-0.39, 0.29) is 24.4 Å². The number of halogens is 1. The third-order valence-electron chi connectivity index (χ3n) is 3.57. The minimum atomic E-state index is -0.171. The second kappa shape index (κ2) is 6.74. The Morgan fingerprint density at radius 1 is 1.33 bits per heavy atom. The molecule has 0 bridgehead atoms. The molecule has 5 nitrogen and oxygen atoms in total. The van der Waals surface area contributed by atoms with Crippen molar-refractivity contribution in [1.82, 2.24) is 15.1 Å². The summed E-state index contributed by atoms with van der Waals surface area (Å²) in [7, 11) is 0. The van der Waals surface area contributed by atoms with Crippen molar-refractivity contribution in [2.45, 2.75) is 18.9 Å². The van der Waals surface area contributed by atoms with Crippen LogP contribution in [0.2, 0.25) is 0 Å². The molecule has 112 valence electrons. The minimum Gasteiger partial charge on any atom is -0.349 e. The van der Waals surface area contributed by atoms with Crippen LogP contribution in [0.25, 0.3) is 5.69 Å². The predicted molar refractivity (Wildman–Crippen MR) is 83.8 cm³/mol. The highest BCUT2D eigenvalue weighted by Gasteiger charge is 2.28. The Balaban J connectivity index is 0.00000161. The number of benzene rings is 1. The van der Waals surface area contributed by atoms with Gasteiger partial charge in [-0.25, -0.2) is 4.68 Å². The van der Waals surface area contributed by atoms with E-state index in [0.717, 1.165) is 5.69 Å². The topological polar surface area (TPSA) is 72.9 Å². The Labute approximate surface area is 129 Å². The molecule has 1 aliphatic carbocycles. The van der Waals surface area contributed by atoms with Crippen molar-refractivity contribution in [3.8, 4) is 5.69 Å². The molecular weight excluding hydrogens is 288 g/mol. The van der Waals surface area contributed by atoms with Gasteiger partial charge in [0, 0.05) is 18.8 Å². The molecule has 1 unspecified atom stereocenters. The maximum absolute atomic E-state index is 12.0. The SMILES string of the molecule is Cl.NC(CNC(=O)c1ccn(-c2ccccc2)n1)C1CC1. The first-order chi connectivity index (χ1) is 9.74. The molecule has 1 fully saturated rings. The van der Waals surface area contributed by atoms with Crippen LogP contribution in [0.1, 0.15) is 23.3 Å². The first kappa shape index (κ1) is 15.5. The van der Waals surface area contributed by atoms with Gasteiger partial charge in [-0.15, -0.1) is 12.4 Å². The van der Waals surface area contributed by atoms with E-state index in [0.29, 0.717) is 18.2 Å². The minimum absolute atomic E-state index is 0. The summed E-state index contributed by atoms with van der Waals surface area (Å²) in [5.41, 5.74) is 7.31. The Morgan fingerprint density at radius 3 is 2.71 bits per heavy atom. The fourth-order valence-electron chi connectivity index (χ4n) is 2.16. The lowest BCUT2D eigenvalue weighted by molar-refractivity contribution is 0.0945. The van der Waals surface area contributed by atoms with Gasteiger partial charge in [-0.3, -0.25) is 4.79 Å². The Kier molecular flexibility index (Phi) is 4.98. The lowest BCUT2D eigenvalue weighted by Crippen LogP contribution is -2.38. The van der Waals surface area contributed by atoms with Crippen LogP contribution < -0.4 is 11.1 Å². The van der Waals surface area contributed by atoms with Gasteiger partial charge in [0.2, 0.25) is 0 Å². The van der Waals surface area contributed by atoms with Crippen molar-refractivity contribution >= 4 is 18.3 Å². The van der Waals surface area contributed by atoms with Gasteiger partial charge in [-0.2, -0.15) is 5.10 Å². The average Bonchev–Trinajstić information content (AvgIpc) is 3.22. The molecule has 1 aromatic carbocycles. The van der Waals surface area contributed by atoms with Gasteiger partial charge in [0.1, 0.15) is 0 Å². The van der Waals surface area contributed by atoms with E-state index in [2.05, 4.69) is 10.4 Å². The molecule has 0 aliphatic heterocycles. The van der Waals surface area contributed by atoms with E-state index in [1.165, 1.54) is 12.8 Å². The van der Waals surface area contributed by atoms with Crippen LogP contribution in [0.5, 0.6) is 0 Å². The van der Waals surface area contributed by atoms with E-state index in [1.54, 1.807) is 16.9 Å². The number of nitrogens with one attached hydrogen (secondary N) is 1. The number of nitrogens with zero attached hydrogens (tertiary/aromatic N) is 2. The molecule has 1 amide bonds. The first-order valence-corrected chi connectivity index (χ1v) is 6.89. The van der Waals surface area contributed by atoms with Crippen LogP contribution in [0.15, 0.2) is 42.6 Å². The fourth-order valence-corrected chi connectivity index (χ4v) is 2.16. The Bertz CT molecular complexity index is 595. The van der Waals surface area contributed by atoms with Gasteiger partial charge >= 0.3 is 0 Å². The van der Waals surface area contributed by atoms with Gasteiger partial charge in [0.15, 0.2) is 5.69 Å². The fraction of sp³-hybridized carbons (Fsp3) is 0.333. The Hall–Kier alpha value is -1.85. The van der Waals surface area contributed by atoms with E-state index in [1.807, 2.05) is 30.3 Å². The average molecular weight is 307 g/mol. The van der Waals surface area contributed by atoms with Crippen molar-refractivity contribution in [1.29, 1.82) is 0 Å². The molecule has 21 heavy (non-hydrogen) atoms. The van der Waals surface area contributed by atoms with Crippen molar-refractivity contribution in [3.05, 3.63) is 48.3 Å². The number of hydrogen-bond acceptors (Lipinski definition) is 3. The third kappa shape index (κ3) is 3.83. The van der Waals surface area contributed by atoms with Gasteiger partial charge in [-0.1, -0.05) is 18.2 Å². The second-order valence-corrected chi connectivity index (χ2v) is 5.19. The van der Waals surface area contributed by atoms with Crippen LogP contribution in [-0.2, 0) is 0 Å². The summed E-state index contributed by atoms with van der Waals surface area (Å²) in [6.45, 7) is 0.516. The zero-order valence-corrected chi connectivity index (χ0v) is 12.4. The molecule has 6 heteroatoms. The number of nitrogens with two attached hydrogens (primary N) is 1. The van der Waals surface area contributed by atoms with Crippen LogP contribution >= 0.6 is 12.4 Å². The molecule has 1 aromatic heterocycles. The van der Waals surface area contributed by atoms with Gasteiger partial charge in [0.25, 0.3) is 5.91 Å². The summed E-state index contributed by atoms with van der Waals surface area (Å²) in [6.07, 6.45) is 4.14. The van der Waals surface area contributed by atoms with Crippen molar-refractivity contribution in [3.63, 3.8) is 0 Å². The summed E-state index contributed by atoms with van der Waals surface area (Å²) < 4.78 is 1.69. The van der Waals surface area contributed by atoms with Gasteiger partial charge < -0.3 is 11.1 Å². The van der Waals surface area contributed by atoms with Crippen molar-refractivity contribution in [2.75, 3.05) is 6.54 Å². The molecule has 1 atom stereocenters. The molecule has 1 heterocycles. The molecule has 0 radical (unpaired) electrons. The summed E-state index contributed by atoms with van der Waals surface area (Å²) in [6, 6.07) is 11.5. The van der Waals surface area contributed by atoms with Crippen LogP contribution in [-0.4, -0.2) is 28.3 Å². The maximum Gasteiger partial charge on any atom is 0.271 e. The molecule has 1 saturated carbocycles. The maximum atomic E-state index is 12.0. The zero-order valence-electron chi connectivity index (χ0n) is 11.6. The van der Waals surface area contributed by atoms with Gasteiger partial charge in [-0.05, 0) is 37.0 Å². The molecule has 0 spiro atoms. The smallest absolute Gasteiger partial charge is 0.271 e. The number of carbonyl (C=O) groups is 1. The van der Waals surface area contributed by atoms with Crippen LogP contribution in [0.3, 0.4) is 0 Å². The number of rotatable bonds is 5.